The highest BCUT2D eigenvalue weighted by Gasteiger charge is 2.18. The molecule has 0 aliphatic rings. The Morgan fingerprint density at radius 2 is 1.89 bits per heavy atom. The van der Waals surface area contributed by atoms with Crippen molar-refractivity contribution < 1.29 is 4.74 Å². The number of hydrogen-bond acceptors (Lipinski definition) is 2. The van der Waals surface area contributed by atoms with E-state index in [0.717, 1.165) is 15.8 Å². The van der Waals surface area contributed by atoms with Gasteiger partial charge in [-0.25, -0.2) is 0 Å². The van der Waals surface area contributed by atoms with E-state index in [0.29, 0.717) is 5.02 Å². The minimum Gasteiger partial charge on any atom is -0.484 e. The summed E-state index contributed by atoms with van der Waals surface area (Å²) in [5.41, 5.74) is 7.00. The molecule has 19 heavy (non-hydrogen) atoms. The number of halogens is 2. The molecule has 2 aromatic carbocycles. The highest BCUT2D eigenvalue weighted by molar-refractivity contribution is 9.10. The molecular weight excluding hydrogens is 326 g/mol. The van der Waals surface area contributed by atoms with Gasteiger partial charge in [-0.15, -0.1) is 0 Å². The van der Waals surface area contributed by atoms with Crippen LogP contribution in [0, 0.1) is 0 Å². The predicted octanol–water partition coefficient (Wildman–Crippen LogP) is 4.57. The fourth-order valence-electron chi connectivity index (χ4n) is 1.85. The second-order valence-corrected chi connectivity index (χ2v) is 5.76. The van der Waals surface area contributed by atoms with Crippen LogP contribution >= 0.6 is 27.5 Å². The van der Waals surface area contributed by atoms with Crippen molar-refractivity contribution in [1.82, 2.24) is 0 Å². The largest absolute Gasteiger partial charge is 0.484 e. The standard InChI is InChI=1S/C15H15BrClNO/c1-10(18)15(11-4-2-6-13(17)8-11)19-14-7-3-5-12(16)9-14/h2-10,15H,18H2,1H3. The highest BCUT2D eigenvalue weighted by atomic mass is 79.9. The third kappa shape index (κ3) is 3.96. The first-order valence-corrected chi connectivity index (χ1v) is 7.16. The van der Waals surface area contributed by atoms with E-state index in [-0.39, 0.29) is 12.1 Å². The molecule has 0 saturated heterocycles. The summed E-state index contributed by atoms with van der Waals surface area (Å²) in [6.07, 6.45) is -0.229. The van der Waals surface area contributed by atoms with Gasteiger partial charge in [0.25, 0.3) is 0 Å². The van der Waals surface area contributed by atoms with E-state index in [9.17, 15) is 0 Å². The Morgan fingerprint density at radius 1 is 1.16 bits per heavy atom. The van der Waals surface area contributed by atoms with E-state index < -0.39 is 0 Å². The second kappa shape index (κ2) is 6.42. The molecular formula is C15H15BrClNO. The number of rotatable bonds is 4. The molecule has 2 unspecified atom stereocenters. The fraction of sp³-hybridized carbons (Fsp3) is 0.200. The van der Waals surface area contributed by atoms with Crippen molar-refractivity contribution in [2.75, 3.05) is 0 Å². The maximum atomic E-state index is 6.02. The van der Waals surface area contributed by atoms with E-state index in [2.05, 4.69) is 15.9 Å². The molecule has 0 aliphatic heterocycles. The molecule has 0 amide bonds. The van der Waals surface area contributed by atoms with Crippen LogP contribution in [0.5, 0.6) is 5.75 Å². The Hall–Kier alpha value is -1.03. The predicted molar refractivity (Wildman–Crippen MR) is 82.6 cm³/mol. The van der Waals surface area contributed by atoms with Crippen molar-refractivity contribution in [3.63, 3.8) is 0 Å². The average molecular weight is 341 g/mol. The van der Waals surface area contributed by atoms with Crippen molar-refractivity contribution in [2.45, 2.75) is 19.1 Å². The highest BCUT2D eigenvalue weighted by Crippen LogP contribution is 2.27. The van der Waals surface area contributed by atoms with Crippen LogP contribution in [0.25, 0.3) is 0 Å². The summed E-state index contributed by atoms with van der Waals surface area (Å²) >= 11 is 9.44. The first kappa shape index (κ1) is 14.4. The van der Waals surface area contributed by atoms with Gasteiger partial charge < -0.3 is 10.5 Å². The maximum absolute atomic E-state index is 6.02. The fourth-order valence-corrected chi connectivity index (χ4v) is 2.43. The Balaban J connectivity index is 2.26. The zero-order valence-corrected chi connectivity index (χ0v) is 12.9. The number of hydrogen-bond donors (Lipinski definition) is 1. The molecule has 2 atom stereocenters. The minimum atomic E-state index is -0.229. The molecule has 0 fully saturated rings. The van der Waals surface area contributed by atoms with E-state index >= 15 is 0 Å². The molecule has 4 heteroatoms. The molecule has 2 N–H and O–H groups in total. The van der Waals surface area contributed by atoms with Crippen LogP contribution in [0.4, 0.5) is 0 Å². The molecule has 2 rings (SSSR count). The first-order chi connectivity index (χ1) is 9.06. The monoisotopic (exact) mass is 339 g/mol. The molecule has 0 radical (unpaired) electrons. The second-order valence-electron chi connectivity index (χ2n) is 4.41. The summed E-state index contributed by atoms with van der Waals surface area (Å²) in [6, 6.07) is 15.1. The van der Waals surface area contributed by atoms with Gasteiger partial charge in [0.05, 0.1) is 0 Å². The quantitative estimate of drug-likeness (QED) is 0.885. The number of benzene rings is 2. The summed E-state index contributed by atoms with van der Waals surface area (Å²) in [5.74, 6) is 0.775. The Kier molecular flexibility index (Phi) is 4.86. The van der Waals surface area contributed by atoms with Crippen molar-refractivity contribution in [3.05, 3.63) is 63.6 Å². The molecule has 2 nitrogen and oxygen atoms in total. The minimum absolute atomic E-state index is 0.141. The van der Waals surface area contributed by atoms with Gasteiger partial charge in [0.1, 0.15) is 11.9 Å². The smallest absolute Gasteiger partial charge is 0.138 e. The molecule has 0 heterocycles. The van der Waals surface area contributed by atoms with Crippen LogP contribution in [0.15, 0.2) is 53.0 Å². The lowest BCUT2D eigenvalue weighted by atomic mass is 10.0. The lowest BCUT2D eigenvalue weighted by molar-refractivity contribution is 0.180. The number of ether oxygens (including phenoxy) is 1. The van der Waals surface area contributed by atoms with E-state index in [1.807, 2.05) is 55.5 Å². The van der Waals surface area contributed by atoms with Gasteiger partial charge >= 0.3 is 0 Å². The topological polar surface area (TPSA) is 35.2 Å². The van der Waals surface area contributed by atoms with Crippen LogP contribution < -0.4 is 10.5 Å². The normalized spacial score (nSPS) is 13.9. The molecule has 0 aromatic heterocycles. The van der Waals surface area contributed by atoms with Gasteiger partial charge in [0.15, 0.2) is 0 Å². The summed E-state index contributed by atoms with van der Waals surface area (Å²) in [7, 11) is 0. The van der Waals surface area contributed by atoms with Crippen LogP contribution in [0.3, 0.4) is 0 Å². The van der Waals surface area contributed by atoms with Crippen molar-refractivity contribution in [2.24, 2.45) is 5.73 Å². The molecule has 2 aromatic rings. The Morgan fingerprint density at radius 3 is 2.53 bits per heavy atom. The van der Waals surface area contributed by atoms with Crippen molar-refractivity contribution >= 4 is 27.5 Å². The van der Waals surface area contributed by atoms with E-state index in [4.69, 9.17) is 22.1 Å². The molecule has 0 spiro atoms. The summed E-state index contributed by atoms with van der Waals surface area (Å²) in [6.45, 7) is 1.92. The van der Waals surface area contributed by atoms with Crippen LogP contribution in [-0.2, 0) is 0 Å². The zero-order valence-electron chi connectivity index (χ0n) is 10.5. The Labute approximate surface area is 126 Å². The van der Waals surface area contributed by atoms with Crippen molar-refractivity contribution in [1.29, 1.82) is 0 Å². The SMILES string of the molecule is CC(N)C(Oc1cccc(Br)c1)c1cccc(Cl)c1. The van der Waals surface area contributed by atoms with Crippen LogP contribution in [0.1, 0.15) is 18.6 Å². The van der Waals surface area contributed by atoms with Crippen LogP contribution in [0.2, 0.25) is 5.02 Å². The third-order valence-electron chi connectivity index (χ3n) is 2.71. The van der Waals surface area contributed by atoms with Crippen molar-refractivity contribution in [3.8, 4) is 5.75 Å². The van der Waals surface area contributed by atoms with Crippen LogP contribution in [-0.4, -0.2) is 6.04 Å². The first-order valence-electron chi connectivity index (χ1n) is 5.99. The van der Waals surface area contributed by atoms with Gasteiger partial charge in [-0.2, -0.15) is 0 Å². The van der Waals surface area contributed by atoms with Gasteiger partial charge in [-0.3, -0.25) is 0 Å². The van der Waals surface area contributed by atoms with E-state index in [1.165, 1.54) is 0 Å². The van der Waals surface area contributed by atoms with Gasteiger partial charge in [0.2, 0.25) is 0 Å². The lowest BCUT2D eigenvalue weighted by Gasteiger charge is -2.23. The van der Waals surface area contributed by atoms with Gasteiger partial charge in [-0.05, 0) is 42.8 Å². The third-order valence-corrected chi connectivity index (χ3v) is 3.44. The molecule has 100 valence electrons. The summed E-state index contributed by atoms with van der Waals surface area (Å²) < 4.78 is 6.96. The van der Waals surface area contributed by atoms with E-state index in [1.54, 1.807) is 0 Å². The van der Waals surface area contributed by atoms with Gasteiger partial charge in [0, 0.05) is 15.5 Å². The molecule has 0 aliphatic carbocycles. The summed E-state index contributed by atoms with van der Waals surface area (Å²) in [4.78, 5) is 0. The van der Waals surface area contributed by atoms with Gasteiger partial charge in [-0.1, -0.05) is 45.7 Å². The molecule has 0 saturated carbocycles. The Bertz CT molecular complexity index is 559. The zero-order chi connectivity index (χ0) is 13.8. The number of nitrogens with two attached hydrogens (primary N) is 1. The summed E-state index contributed by atoms with van der Waals surface area (Å²) in [5, 5.41) is 0.681. The lowest BCUT2D eigenvalue weighted by Crippen LogP contribution is -2.29. The average Bonchev–Trinajstić information content (AvgIpc) is 2.35. The maximum Gasteiger partial charge on any atom is 0.138 e. The molecule has 0 bridgehead atoms.